The Morgan fingerprint density at radius 1 is 0.800 bits per heavy atom. The summed E-state index contributed by atoms with van der Waals surface area (Å²) in [5, 5.41) is 8.83. The number of nitrogens with zero attached hydrogens (tertiary/aromatic N) is 1. The quantitative estimate of drug-likeness (QED) is 0.0755. The Hall–Kier alpha value is -6.22. The number of Topliss-reactive ketones (excluding diaryl/α,β-unsaturated/α-hetero) is 1. The normalized spacial score (nSPS) is 16.7. The molecule has 14 heteroatoms. The van der Waals surface area contributed by atoms with Crippen molar-refractivity contribution in [2.24, 2.45) is 5.92 Å². The number of H-pyrrole nitrogens is 1. The van der Waals surface area contributed by atoms with E-state index in [2.05, 4.69) is 4.98 Å². The summed E-state index contributed by atoms with van der Waals surface area (Å²) in [6.45, 7) is 0.475. The van der Waals surface area contributed by atoms with E-state index in [0.717, 1.165) is 16.7 Å². The van der Waals surface area contributed by atoms with Crippen molar-refractivity contribution in [3.8, 4) is 23.0 Å². The van der Waals surface area contributed by atoms with Crippen LogP contribution in [-0.4, -0.2) is 66.6 Å². The lowest BCUT2D eigenvalue weighted by molar-refractivity contribution is -0.208. The fraction of sp³-hybridized carbons (Fsp3) is 0.268. The lowest BCUT2D eigenvalue weighted by Gasteiger charge is -2.37. The molecule has 0 spiro atoms. The zero-order valence-electron chi connectivity index (χ0n) is 30.3. The minimum absolute atomic E-state index is 0.0701. The highest BCUT2D eigenvalue weighted by Gasteiger charge is 2.45. The Labute approximate surface area is 315 Å². The number of hydrogen-bond donors (Lipinski definition) is 2. The molecule has 2 N–H and O–H groups in total. The first kappa shape index (κ1) is 38.5. The lowest BCUT2D eigenvalue weighted by Crippen LogP contribution is -2.39. The largest absolute Gasteiger partial charge is 0.497 e. The molecule has 0 unspecified atom stereocenters. The van der Waals surface area contributed by atoms with Gasteiger partial charge in [0.15, 0.2) is 24.7 Å². The topological polar surface area (TPSA) is 174 Å². The maximum absolute atomic E-state index is 13.9. The molecular weight excluding hydrogens is 712 g/mol. The van der Waals surface area contributed by atoms with Gasteiger partial charge in [0.25, 0.3) is 5.56 Å². The zero-order valence-corrected chi connectivity index (χ0v) is 30.3. The molecular formula is C41H40N2O12. The van der Waals surface area contributed by atoms with Crippen LogP contribution < -0.4 is 30.3 Å². The van der Waals surface area contributed by atoms with E-state index >= 15 is 0 Å². The number of aromatic nitrogens is 2. The third-order valence-corrected chi connectivity index (χ3v) is 9.29. The summed E-state index contributed by atoms with van der Waals surface area (Å²) in [5.74, 6) is -0.467. The molecule has 286 valence electrons. The Morgan fingerprint density at radius 2 is 1.36 bits per heavy atom. The molecule has 0 radical (unpaired) electrons. The highest BCUT2D eigenvalue weighted by molar-refractivity contribution is 5.83. The molecule has 0 bridgehead atoms. The Kier molecular flexibility index (Phi) is 12.1. The highest BCUT2D eigenvalue weighted by Crippen LogP contribution is 2.43. The summed E-state index contributed by atoms with van der Waals surface area (Å²) in [7, 11) is 3.17. The van der Waals surface area contributed by atoms with Crippen LogP contribution >= 0.6 is 0 Å². The number of nitrogens with one attached hydrogen (secondary N) is 1. The number of carboxylic acid groups (broad SMARTS) is 1. The van der Waals surface area contributed by atoms with Crippen molar-refractivity contribution in [3.05, 3.63) is 152 Å². The van der Waals surface area contributed by atoms with Gasteiger partial charge in [0.2, 0.25) is 0 Å². The first-order valence-corrected chi connectivity index (χ1v) is 17.3. The van der Waals surface area contributed by atoms with Gasteiger partial charge in [-0.1, -0.05) is 54.6 Å². The molecule has 3 atom stereocenters. The van der Waals surface area contributed by atoms with Crippen LogP contribution in [0.25, 0.3) is 0 Å². The SMILES string of the molecule is COc1ccc(C(OC[C@H]2O[C@@H](n3cc(C)c(=O)[nH]c3=O)C[C@@H]2C(=O)COOc2ccc(OCC(=O)O)cc2)(c2ccccc2)c2ccc(OC)cc2)cc1. The van der Waals surface area contributed by atoms with Gasteiger partial charge < -0.3 is 33.7 Å². The number of benzene rings is 4. The van der Waals surface area contributed by atoms with Gasteiger partial charge in [0.1, 0.15) is 29.1 Å². The number of ketones is 1. The second kappa shape index (κ2) is 17.3. The van der Waals surface area contributed by atoms with Crippen LogP contribution in [0.1, 0.15) is 34.9 Å². The number of carbonyl (C=O) groups excluding carboxylic acids is 1. The predicted molar refractivity (Wildman–Crippen MR) is 198 cm³/mol. The summed E-state index contributed by atoms with van der Waals surface area (Å²) >= 11 is 0. The number of aryl methyl sites for hydroxylation is 1. The van der Waals surface area contributed by atoms with E-state index in [4.69, 9.17) is 38.6 Å². The summed E-state index contributed by atoms with van der Waals surface area (Å²) in [6, 6.07) is 30.6. The maximum atomic E-state index is 13.9. The van der Waals surface area contributed by atoms with Crippen molar-refractivity contribution in [1.29, 1.82) is 0 Å². The molecule has 1 aliphatic rings. The number of hydrogen-bond acceptors (Lipinski definition) is 11. The van der Waals surface area contributed by atoms with Gasteiger partial charge in [-0.05, 0) is 72.1 Å². The number of aliphatic carboxylic acids is 1. The van der Waals surface area contributed by atoms with Crippen molar-refractivity contribution in [3.63, 3.8) is 0 Å². The predicted octanol–water partition coefficient (Wildman–Crippen LogP) is 4.82. The van der Waals surface area contributed by atoms with Gasteiger partial charge in [-0.3, -0.25) is 19.1 Å². The van der Waals surface area contributed by atoms with Crippen molar-refractivity contribution < 1.29 is 48.2 Å². The second-order valence-electron chi connectivity index (χ2n) is 12.7. The van der Waals surface area contributed by atoms with E-state index < -0.39 is 54.3 Å². The molecule has 0 aliphatic carbocycles. The number of ether oxygens (including phenoxy) is 5. The number of methoxy groups -OCH3 is 2. The van der Waals surface area contributed by atoms with Gasteiger partial charge >= 0.3 is 11.7 Å². The summed E-state index contributed by atoms with van der Waals surface area (Å²) in [5.41, 5.74) is 0.205. The lowest BCUT2D eigenvalue weighted by atomic mass is 9.80. The Bertz CT molecular complexity index is 2140. The van der Waals surface area contributed by atoms with E-state index in [1.165, 1.54) is 35.0 Å². The van der Waals surface area contributed by atoms with Crippen molar-refractivity contribution in [2.75, 3.05) is 34.0 Å². The summed E-state index contributed by atoms with van der Waals surface area (Å²) in [4.78, 5) is 62.9. The van der Waals surface area contributed by atoms with Crippen LogP contribution in [0.5, 0.6) is 23.0 Å². The maximum Gasteiger partial charge on any atom is 0.341 e. The van der Waals surface area contributed by atoms with Crippen LogP contribution in [0.4, 0.5) is 0 Å². The van der Waals surface area contributed by atoms with Crippen molar-refractivity contribution >= 4 is 11.8 Å². The van der Waals surface area contributed by atoms with Crippen LogP contribution in [-0.2, 0) is 29.6 Å². The molecule has 14 nitrogen and oxygen atoms in total. The van der Waals surface area contributed by atoms with Crippen LogP contribution in [0.3, 0.4) is 0 Å². The van der Waals surface area contributed by atoms with Crippen molar-refractivity contribution in [2.45, 2.75) is 31.3 Å². The second-order valence-corrected chi connectivity index (χ2v) is 12.7. The number of carboxylic acids is 1. The average molecular weight is 753 g/mol. The molecule has 55 heavy (non-hydrogen) atoms. The van der Waals surface area contributed by atoms with E-state index in [-0.39, 0.29) is 24.6 Å². The van der Waals surface area contributed by atoms with Gasteiger partial charge in [-0.25, -0.2) is 9.59 Å². The molecule has 1 aromatic heterocycles. The first-order chi connectivity index (χ1) is 26.6. The molecule has 6 rings (SSSR count). The Morgan fingerprint density at radius 3 is 1.95 bits per heavy atom. The van der Waals surface area contributed by atoms with Crippen molar-refractivity contribution in [1.82, 2.24) is 9.55 Å². The molecule has 2 heterocycles. The molecule has 1 saturated heterocycles. The Balaban J connectivity index is 1.31. The molecule has 1 fully saturated rings. The zero-order chi connectivity index (χ0) is 39.0. The minimum Gasteiger partial charge on any atom is -0.497 e. The van der Waals surface area contributed by atoms with Gasteiger partial charge in [-0.2, -0.15) is 4.89 Å². The summed E-state index contributed by atoms with van der Waals surface area (Å²) in [6.07, 6.45) is -0.327. The van der Waals surface area contributed by atoms with Gasteiger partial charge in [0.05, 0.1) is 32.8 Å². The fourth-order valence-electron chi connectivity index (χ4n) is 6.48. The highest BCUT2D eigenvalue weighted by atomic mass is 17.2. The average Bonchev–Trinajstić information content (AvgIpc) is 3.64. The minimum atomic E-state index is -1.22. The van der Waals surface area contributed by atoms with Crippen LogP contribution in [0.15, 0.2) is 119 Å². The van der Waals surface area contributed by atoms with E-state index in [1.807, 2.05) is 78.9 Å². The van der Waals surface area contributed by atoms with E-state index in [1.54, 1.807) is 21.1 Å². The third kappa shape index (κ3) is 8.78. The van der Waals surface area contributed by atoms with Crippen LogP contribution in [0.2, 0.25) is 0 Å². The van der Waals surface area contributed by atoms with Gasteiger partial charge in [0, 0.05) is 18.2 Å². The van der Waals surface area contributed by atoms with E-state index in [0.29, 0.717) is 22.8 Å². The van der Waals surface area contributed by atoms with Crippen LogP contribution in [0, 0.1) is 12.8 Å². The summed E-state index contributed by atoms with van der Waals surface area (Å²) < 4.78 is 30.8. The van der Waals surface area contributed by atoms with Gasteiger partial charge in [-0.15, -0.1) is 0 Å². The number of carbonyl (C=O) groups is 2. The smallest absolute Gasteiger partial charge is 0.341 e. The molecule has 4 aromatic carbocycles. The molecule has 1 aliphatic heterocycles. The molecule has 5 aromatic rings. The number of rotatable bonds is 17. The van der Waals surface area contributed by atoms with E-state index in [9.17, 15) is 19.2 Å². The molecule has 0 amide bonds. The standard InChI is InChI=1S/C41H40N2O12/c1-26-22-43(40(48)42-39(26)47)37-21-34(35(44)23-53-55-33-19-17-32(18-20-33)51-25-38(45)46)36(54-37)24-52-41(27-7-5-4-6-8-27,28-9-13-30(49-2)14-10-28)29-11-15-31(50-3)16-12-29/h4-20,22,34,36-37H,21,23-25H2,1-3H3,(H,45,46)(H,42,47,48)/t34-,36-,37-/m1/s1. The first-order valence-electron chi connectivity index (χ1n) is 17.3. The third-order valence-electron chi connectivity index (χ3n) is 9.29. The monoisotopic (exact) mass is 752 g/mol. The fourth-order valence-corrected chi connectivity index (χ4v) is 6.48. The molecule has 0 saturated carbocycles. The number of aromatic amines is 1.